The Morgan fingerprint density at radius 1 is 1.12 bits per heavy atom. The minimum Gasteiger partial charge on any atom is -0.423 e. The van der Waals surface area contributed by atoms with E-state index in [4.69, 9.17) is 9.47 Å². The third-order valence-corrected chi connectivity index (χ3v) is 2.57. The van der Waals surface area contributed by atoms with Crippen LogP contribution in [0.1, 0.15) is 47.0 Å². The fraction of sp³-hybridized carbons (Fsp3) is 0.750. The molecule has 99 valence electrons. The van der Waals surface area contributed by atoms with Gasteiger partial charge in [0.1, 0.15) is 0 Å². The first kappa shape index (κ1) is 15.9. The number of esters is 2. The molecule has 5 nitrogen and oxygen atoms in total. The summed E-state index contributed by atoms with van der Waals surface area (Å²) in [5, 5.41) is 10.2. The average Bonchev–Trinajstić information content (AvgIpc) is 2.14. The van der Waals surface area contributed by atoms with Gasteiger partial charge in [0.25, 0.3) is 5.79 Å². The van der Waals surface area contributed by atoms with Gasteiger partial charge in [0.15, 0.2) is 0 Å². The number of aliphatic hydroxyl groups is 1. The van der Waals surface area contributed by atoms with Gasteiger partial charge < -0.3 is 14.6 Å². The lowest BCUT2D eigenvalue weighted by Crippen LogP contribution is -2.44. The van der Waals surface area contributed by atoms with Crippen LogP contribution in [0, 0.1) is 6.92 Å². The van der Waals surface area contributed by atoms with Gasteiger partial charge in [-0.05, 0) is 12.8 Å². The third-order valence-electron chi connectivity index (χ3n) is 2.57. The summed E-state index contributed by atoms with van der Waals surface area (Å²) in [4.78, 5) is 21.9. The van der Waals surface area contributed by atoms with Crippen LogP contribution in [0.2, 0.25) is 0 Å². The predicted molar refractivity (Wildman–Crippen MR) is 61.8 cm³/mol. The van der Waals surface area contributed by atoms with Crippen LogP contribution in [-0.4, -0.2) is 28.4 Å². The largest absolute Gasteiger partial charge is 0.423 e. The van der Waals surface area contributed by atoms with Crippen molar-refractivity contribution >= 4 is 11.9 Å². The Balaban J connectivity index is 4.91. The van der Waals surface area contributed by atoms with Crippen molar-refractivity contribution < 1.29 is 24.2 Å². The third kappa shape index (κ3) is 5.68. The first-order valence-corrected chi connectivity index (χ1v) is 5.63. The maximum atomic E-state index is 11.0. The Morgan fingerprint density at radius 2 is 1.47 bits per heavy atom. The van der Waals surface area contributed by atoms with Crippen LogP contribution in [0.3, 0.4) is 0 Å². The lowest BCUT2D eigenvalue weighted by Gasteiger charge is -2.35. The number of carbonyl (C=O) groups excluding carboxylic acids is 2. The molecule has 0 aromatic rings. The highest BCUT2D eigenvalue weighted by Gasteiger charge is 2.40. The van der Waals surface area contributed by atoms with E-state index < -0.39 is 23.3 Å². The van der Waals surface area contributed by atoms with E-state index in [-0.39, 0.29) is 6.42 Å². The number of ether oxygens (including phenoxy) is 2. The lowest BCUT2D eigenvalue weighted by atomic mass is 9.89. The maximum Gasteiger partial charge on any atom is 0.305 e. The Hall–Kier alpha value is -1.10. The van der Waals surface area contributed by atoms with E-state index in [0.29, 0.717) is 12.8 Å². The number of rotatable bonds is 6. The molecule has 5 heteroatoms. The van der Waals surface area contributed by atoms with E-state index in [0.717, 1.165) is 0 Å². The molecule has 0 bridgehead atoms. The summed E-state index contributed by atoms with van der Waals surface area (Å²) in [5.74, 6) is -2.90. The first-order chi connectivity index (χ1) is 7.66. The van der Waals surface area contributed by atoms with Crippen molar-refractivity contribution in [3.8, 4) is 0 Å². The topological polar surface area (TPSA) is 72.8 Å². The van der Waals surface area contributed by atoms with Gasteiger partial charge in [-0.3, -0.25) is 9.59 Å². The van der Waals surface area contributed by atoms with Crippen molar-refractivity contribution in [1.82, 2.24) is 0 Å². The molecule has 0 saturated heterocycles. The zero-order valence-electron chi connectivity index (χ0n) is 10.9. The number of hydrogen-bond acceptors (Lipinski definition) is 5. The molecule has 17 heavy (non-hydrogen) atoms. The minimum atomic E-state index is -1.67. The Labute approximate surface area is 102 Å². The molecule has 0 atom stereocenters. The van der Waals surface area contributed by atoms with Gasteiger partial charge in [-0.2, -0.15) is 0 Å². The molecular formula is C12H21O5. The number of hydrogen-bond donors (Lipinski definition) is 1. The monoisotopic (exact) mass is 245 g/mol. The van der Waals surface area contributed by atoms with Crippen molar-refractivity contribution in [3.63, 3.8) is 0 Å². The van der Waals surface area contributed by atoms with Crippen LogP contribution >= 0.6 is 0 Å². The van der Waals surface area contributed by atoms with Crippen LogP contribution < -0.4 is 0 Å². The van der Waals surface area contributed by atoms with Gasteiger partial charge in [-0.25, -0.2) is 0 Å². The Kier molecular flexibility index (Phi) is 5.61. The van der Waals surface area contributed by atoms with Crippen LogP contribution in [0.4, 0.5) is 0 Å². The molecule has 0 fully saturated rings. The van der Waals surface area contributed by atoms with Crippen LogP contribution in [0.15, 0.2) is 0 Å². The van der Waals surface area contributed by atoms with E-state index in [9.17, 15) is 14.7 Å². The molecule has 0 spiro atoms. The molecule has 0 amide bonds. The summed E-state index contributed by atoms with van der Waals surface area (Å²) < 4.78 is 9.79. The van der Waals surface area contributed by atoms with E-state index in [1.54, 1.807) is 13.8 Å². The zero-order chi connectivity index (χ0) is 13.7. The molecule has 0 aromatic heterocycles. The first-order valence-electron chi connectivity index (χ1n) is 5.63. The van der Waals surface area contributed by atoms with Crippen molar-refractivity contribution in [3.05, 3.63) is 6.92 Å². The summed E-state index contributed by atoms with van der Waals surface area (Å²) in [5.41, 5.74) is -1.08. The minimum absolute atomic E-state index is 0.0494. The molecule has 0 saturated carbocycles. The molecule has 0 aliphatic rings. The molecule has 0 unspecified atom stereocenters. The van der Waals surface area contributed by atoms with Crippen LogP contribution in [-0.2, 0) is 19.1 Å². The van der Waals surface area contributed by atoms with E-state index in [1.807, 2.05) is 0 Å². The van der Waals surface area contributed by atoms with Crippen LogP contribution in [0.5, 0.6) is 0 Å². The number of carbonyl (C=O) groups is 2. The zero-order valence-corrected chi connectivity index (χ0v) is 10.9. The average molecular weight is 245 g/mol. The molecule has 0 aliphatic carbocycles. The Morgan fingerprint density at radius 3 is 1.71 bits per heavy atom. The van der Waals surface area contributed by atoms with E-state index >= 15 is 0 Å². The Bertz CT molecular complexity index is 265. The smallest absolute Gasteiger partial charge is 0.305 e. The van der Waals surface area contributed by atoms with E-state index in [2.05, 4.69) is 6.92 Å². The molecule has 0 aliphatic heterocycles. The second kappa shape index (κ2) is 6.00. The van der Waals surface area contributed by atoms with Gasteiger partial charge in [0, 0.05) is 20.8 Å². The molecule has 1 N–H and O–H groups in total. The second-order valence-electron chi connectivity index (χ2n) is 4.21. The van der Waals surface area contributed by atoms with Gasteiger partial charge in [-0.1, -0.05) is 13.8 Å². The van der Waals surface area contributed by atoms with Crippen LogP contribution in [0.25, 0.3) is 0 Å². The van der Waals surface area contributed by atoms with Gasteiger partial charge in [-0.15, -0.1) is 0 Å². The predicted octanol–water partition coefficient (Wildman–Crippen LogP) is 1.58. The molecule has 0 heterocycles. The lowest BCUT2D eigenvalue weighted by molar-refractivity contribution is -0.224. The standard InChI is InChI=1S/C12H21O5/c1-6-12(15,7-2)8-11(5,16-9(3)13)17-10(4)14/h15H,5-8H2,1-4H3. The highest BCUT2D eigenvalue weighted by Crippen LogP contribution is 2.30. The molecule has 1 radical (unpaired) electrons. The SMILES string of the molecule is [CH2]C(CC(O)(CC)CC)(OC(C)=O)OC(C)=O. The van der Waals surface area contributed by atoms with Gasteiger partial charge in [0.2, 0.25) is 0 Å². The summed E-state index contributed by atoms with van der Waals surface area (Å²) >= 11 is 0. The second-order valence-corrected chi connectivity index (χ2v) is 4.21. The molecular weight excluding hydrogens is 224 g/mol. The normalized spacial score (nSPS) is 12.1. The fourth-order valence-corrected chi connectivity index (χ4v) is 1.62. The highest BCUT2D eigenvalue weighted by atomic mass is 16.7. The van der Waals surface area contributed by atoms with Crippen molar-refractivity contribution in [2.75, 3.05) is 0 Å². The molecule has 0 rings (SSSR count). The van der Waals surface area contributed by atoms with Gasteiger partial charge >= 0.3 is 11.9 Å². The summed E-state index contributed by atoms with van der Waals surface area (Å²) in [7, 11) is 0. The van der Waals surface area contributed by atoms with Crippen molar-refractivity contribution in [2.45, 2.75) is 58.3 Å². The van der Waals surface area contributed by atoms with Crippen molar-refractivity contribution in [2.24, 2.45) is 0 Å². The summed E-state index contributed by atoms with van der Waals surface area (Å²) in [6.07, 6.45) is 0.846. The molecule has 0 aromatic carbocycles. The summed E-state index contributed by atoms with van der Waals surface area (Å²) in [6.45, 7) is 9.57. The van der Waals surface area contributed by atoms with Gasteiger partial charge in [0.05, 0.1) is 12.0 Å². The van der Waals surface area contributed by atoms with Crippen molar-refractivity contribution in [1.29, 1.82) is 0 Å². The highest BCUT2D eigenvalue weighted by molar-refractivity contribution is 5.69. The summed E-state index contributed by atoms with van der Waals surface area (Å²) in [6, 6.07) is 0. The van der Waals surface area contributed by atoms with E-state index in [1.165, 1.54) is 13.8 Å². The fourth-order valence-electron chi connectivity index (χ4n) is 1.62. The quantitative estimate of drug-likeness (QED) is 0.568. The maximum absolute atomic E-state index is 11.0.